The lowest BCUT2D eigenvalue weighted by atomic mass is 10.0. The summed E-state index contributed by atoms with van der Waals surface area (Å²) in [6.45, 7) is 6.75. The van der Waals surface area contributed by atoms with Gasteiger partial charge >= 0.3 is 5.97 Å². The summed E-state index contributed by atoms with van der Waals surface area (Å²) < 4.78 is 30.4. The van der Waals surface area contributed by atoms with Crippen LogP contribution in [0.5, 0.6) is 0 Å². The van der Waals surface area contributed by atoms with Crippen LogP contribution in [0, 0.1) is 0 Å². The number of esters is 1. The number of nitrogens with zero attached hydrogens (tertiary/aromatic N) is 1. The Morgan fingerprint density at radius 2 is 0.821 bits per heavy atom. The van der Waals surface area contributed by atoms with Gasteiger partial charge in [-0.25, -0.2) is 0 Å². The fourth-order valence-corrected chi connectivity index (χ4v) is 10.1. The van der Waals surface area contributed by atoms with E-state index in [9.17, 15) is 19.0 Å². The topological polar surface area (TPSA) is 114 Å². The van der Waals surface area contributed by atoms with Crippen molar-refractivity contribution in [3.63, 3.8) is 0 Å². The van der Waals surface area contributed by atoms with E-state index in [2.05, 4.69) is 86.8 Å². The van der Waals surface area contributed by atoms with Crippen molar-refractivity contribution in [2.45, 2.75) is 309 Å². The lowest BCUT2D eigenvalue weighted by Crippen LogP contribution is -2.47. The molecule has 0 saturated carbocycles. The number of rotatable bonds is 59. The van der Waals surface area contributed by atoms with Crippen LogP contribution in [-0.4, -0.2) is 69.4 Å². The first-order valence-corrected chi connectivity index (χ1v) is 34.2. The Morgan fingerprint density at radius 3 is 1.23 bits per heavy atom. The largest absolute Gasteiger partial charge is 0.756 e. The summed E-state index contributed by atoms with van der Waals surface area (Å²) in [6.07, 6.45) is 74.4. The molecule has 1 amide bonds. The fraction of sp³-hybridized carbons (Fsp3) is 0.794. The van der Waals surface area contributed by atoms with E-state index in [1.54, 1.807) is 0 Å². The number of unbranched alkanes of at least 4 members (excludes halogenated alkanes) is 33. The summed E-state index contributed by atoms with van der Waals surface area (Å²) in [5, 5.41) is 3.03. The maximum Gasteiger partial charge on any atom is 0.306 e. The third kappa shape index (κ3) is 58.1. The van der Waals surface area contributed by atoms with Crippen molar-refractivity contribution in [1.82, 2.24) is 5.32 Å². The number of allylic oxidation sites excluding steroid dienone is 11. The summed E-state index contributed by atoms with van der Waals surface area (Å²) in [4.78, 5) is 40.0. The third-order valence-corrected chi connectivity index (χ3v) is 15.4. The van der Waals surface area contributed by atoms with E-state index < -0.39 is 26.6 Å². The summed E-state index contributed by atoms with van der Waals surface area (Å²) in [7, 11) is 1.18. The van der Waals surface area contributed by atoms with Crippen LogP contribution in [0.25, 0.3) is 0 Å². The minimum absolute atomic E-state index is 0.0243. The maximum absolute atomic E-state index is 13.6. The molecule has 0 radical (unpaired) electrons. The molecule has 1 N–H and O–H groups in total. The Hall–Kier alpha value is -2.55. The van der Waals surface area contributed by atoms with Gasteiger partial charge in [0.2, 0.25) is 5.91 Å². The molecule has 0 aromatic heterocycles. The maximum atomic E-state index is 13.6. The van der Waals surface area contributed by atoms with Gasteiger partial charge in [-0.05, 0) is 76.7 Å². The van der Waals surface area contributed by atoms with Crippen molar-refractivity contribution in [3.8, 4) is 0 Å². The van der Waals surface area contributed by atoms with Gasteiger partial charge in [0.25, 0.3) is 7.82 Å². The normalized spacial score (nSPS) is 14.1. The van der Waals surface area contributed by atoms with Crippen LogP contribution in [0.3, 0.4) is 0 Å². The summed E-state index contributed by atoms with van der Waals surface area (Å²) in [5.74, 6) is -0.540. The molecule has 9 nitrogen and oxygen atoms in total. The molecule has 0 saturated heterocycles. The number of likely N-dealkylation sites (N-methyl/N-ethyl adjacent to an activating group) is 1. The molecule has 0 aromatic rings. The SMILES string of the molecule is CC/C=C\C/C=C\C/C=C\C/C=C\C/C=C\CCCCCCCCCCCC(=O)NC(COP(=O)([O-])OCC[N+](C)(C)C)C(/C=C\CCCCCCCCCCCC)OC(=O)CCCCCCCCCCCCCCCCC. The van der Waals surface area contributed by atoms with Crippen LogP contribution in [-0.2, 0) is 27.9 Å². The van der Waals surface area contributed by atoms with Gasteiger partial charge in [0.1, 0.15) is 19.3 Å². The monoisotopic (exact) mass is 1110 g/mol. The van der Waals surface area contributed by atoms with E-state index in [1.165, 1.54) is 161 Å². The fourth-order valence-electron chi connectivity index (χ4n) is 9.37. The molecule has 0 aliphatic rings. The molecule has 0 bridgehead atoms. The molecular weight excluding hydrogens is 988 g/mol. The summed E-state index contributed by atoms with van der Waals surface area (Å²) in [5.41, 5.74) is 0. The minimum Gasteiger partial charge on any atom is -0.756 e. The summed E-state index contributed by atoms with van der Waals surface area (Å²) in [6, 6.07) is -0.892. The van der Waals surface area contributed by atoms with Gasteiger partial charge in [0.05, 0.1) is 33.8 Å². The molecule has 0 aromatic carbocycles. The second kappa shape index (κ2) is 57.7. The third-order valence-electron chi connectivity index (χ3n) is 14.4. The van der Waals surface area contributed by atoms with Crippen molar-refractivity contribution < 1.29 is 37.3 Å². The highest BCUT2D eigenvalue weighted by Gasteiger charge is 2.27. The molecule has 454 valence electrons. The second-order valence-electron chi connectivity index (χ2n) is 23.2. The highest BCUT2D eigenvalue weighted by Crippen LogP contribution is 2.38. The zero-order valence-electron chi connectivity index (χ0n) is 51.9. The van der Waals surface area contributed by atoms with Crippen molar-refractivity contribution in [3.05, 3.63) is 72.9 Å². The van der Waals surface area contributed by atoms with E-state index in [-0.39, 0.29) is 24.9 Å². The lowest BCUT2D eigenvalue weighted by Gasteiger charge is -2.30. The van der Waals surface area contributed by atoms with Gasteiger partial charge in [-0.1, -0.05) is 280 Å². The van der Waals surface area contributed by atoms with Crippen molar-refractivity contribution >= 4 is 19.7 Å². The van der Waals surface area contributed by atoms with Gasteiger partial charge in [-0.3, -0.25) is 14.2 Å². The number of phosphoric ester groups is 1. The van der Waals surface area contributed by atoms with Gasteiger partial charge in [-0.15, -0.1) is 0 Å². The Kier molecular flexibility index (Phi) is 55.8. The quantitative estimate of drug-likeness (QED) is 0.0212. The number of nitrogens with one attached hydrogen (secondary N) is 1. The highest BCUT2D eigenvalue weighted by atomic mass is 31.2. The predicted octanol–water partition coefficient (Wildman–Crippen LogP) is 19.8. The van der Waals surface area contributed by atoms with Gasteiger partial charge in [-0.2, -0.15) is 0 Å². The Morgan fingerprint density at radius 1 is 0.462 bits per heavy atom. The number of quaternary nitrogens is 1. The van der Waals surface area contributed by atoms with E-state index in [4.69, 9.17) is 13.8 Å². The van der Waals surface area contributed by atoms with Gasteiger partial charge in [0, 0.05) is 12.8 Å². The van der Waals surface area contributed by atoms with Gasteiger partial charge in [0.15, 0.2) is 0 Å². The summed E-state index contributed by atoms with van der Waals surface area (Å²) >= 11 is 0. The molecule has 0 aliphatic carbocycles. The highest BCUT2D eigenvalue weighted by molar-refractivity contribution is 7.45. The molecule has 78 heavy (non-hydrogen) atoms. The van der Waals surface area contributed by atoms with E-state index in [0.717, 1.165) is 103 Å². The Labute approximate surface area is 483 Å². The van der Waals surface area contributed by atoms with Crippen molar-refractivity contribution in [2.24, 2.45) is 0 Å². The van der Waals surface area contributed by atoms with E-state index in [0.29, 0.717) is 17.4 Å². The average Bonchev–Trinajstić information content (AvgIpc) is 3.40. The number of carbonyl (C=O) groups excluding carboxylic acids is 2. The molecule has 0 rings (SSSR count). The Bertz CT molecular complexity index is 1570. The standard InChI is InChI=1S/C68H125N2O7P/c1-7-10-13-16-19-22-25-28-30-31-32-33-34-35-36-37-38-39-41-42-45-48-51-54-57-60-67(71)69-65(64-76-78(73,74)75-63-62-70(4,5)6)66(59-56-53-50-47-44-27-24-21-18-15-12-9-3)77-68(72)61-58-55-52-49-46-43-40-29-26-23-20-17-14-11-8-2/h10,13,19,22,28,30,32-33,35-36,56,59,65-66H,7-9,11-12,14-18,20-21,23-27,29,31,34,37-55,57-58,60-64H2,1-6H3,(H-,69,71,73,74)/b13-10-,22-19-,30-28-,33-32-,36-35-,59-56-. The second-order valence-corrected chi connectivity index (χ2v) is 24.7. The number of ether oxygens (including phenoxy) is 1. The van der Waals surface area contributed by atoms with Crippen LogP contribution in [0.15, 0.2) is 72.9 Å². The molecule has 0 spiro atoms. The predicted molar refractivity (Wildman–Crippen MR) is 335 cm³/mol. The van der Waals surface area contributed by atoms with E-state index in [1.807, 2.05) is 33.3 Å². The average molecular weight is 1110 g/mol. The van der Waals surface area contributed by atoms with Crippen LogP contribution in [0.1, 0.15) is 297 Å². The molecule has 0 heterocycles. The molecule has 0 aliphatic heterocycles. The zero-order chi connectivity index (χ0) is 57.2. The van der Waals surface area contributed by atoms with Crippen molar-refractivity contribution in [2.75, 3.05) is 40.9 Å². The molecule has 3 unspecified atom stereocenters. The molecule has 3 atom stereocenters. The van der Waals surface area contributed by atoms with Crippen LogP contribution in [0.4, 0.5) is 0 Å². The van der Waals surface area contributed by atoms with Crippen LogP contribution >= 0.6 is 7.82 Å². The minimum atomic E-state index is -4.70. The number of phosphoric acid groups is 1. The van der Waals surface area contributed by atoms with Crippen molar-refractivity contribution in [1.29, 1.82) is 0 Å². The number of amides is 1. The molecule has 0 fully saturated rings. The van der Waals surface area contributed by atoms with Gasteiger partial charge < -0.3 is 28.5 Å². The smallest absolute Gasteiger partial charge is 0.306 e. The number of hydrogen-bond acceptors (Lipinski definition) is 7. The number of hydrogen-bond donors (Lipinski definition) is 1. The first-order valence-electron chi connectivity index (χ1n) is 32.7. The first kappa shape index (κ1) is 75.5. The molecule has 10 heteroatoms. The Balaban J connectivity index is 5.13. The number of carbonyl (C=O) groups is 2. The van der Waals surface area contributed by atoms with E-state index >= 15 is 0 Å². The molecular formula is C68H125N2O7P. The first-order chi connectivity index (χ1) is 37.9. The van der Waals surface area contributed by atoms with Crippen LogP contribution in [0.2, 0.25) is 0 Å². The zero-order valence-corrected chi connectivity index (χ0v) is 52.8. The van der Waals surface area contributed by atoms with Crippen LogP contribution < -0.4 is 10.2 Å². The lowest BCUT2D eigenvalue weighted by molar-refractivity contribution is -0.870.